The Kier molecular flexibility index (Phi) is 6.12. The fraction of sp³-hybridized carbons (Fsp3) is 0.261. The summed E-state index contributed by atoms with van der Waals surface area (Å²) in [6.07, 6.45) is 1.94. The Balaban J connectivity index is 1.85. The molecule has 0 saturated carbocycles. The van der Waals surface area contributed by atoms with Gasteiger partial charge in [0.05, 0.1) is 10.7 Å². The van der Waals surface area contributed by atoms with Gasteiger partial charge in [-0.1, -0.05) is 49.7 Å². The highest BCUT2D eigenvalue weighted by Gasteiger charge is 2.12. The standard InChI is InChI=1S/C23H23ClFNO/c1-4-16-7-6-8-17(5-2)23(16)22-12-9-18(15(3)26-22)14-27-19-10-11-20(24)21(25)13-19/h6-13H,4-5,14H2,1-3H3. The van der Waals surface area contributed by atoms with Gasteiger partial charge in [0.2, 0.25) is 0 Å². The van der Waals surface area contributed by atoms with Crippen LogP contribution in [0.1, 0.15) is 36.2 Å². The molecule has 0 radical (unpaired) electrons. The molecule has 0 N–H and O–H groups in total. The van der Waals surface area contributed by atoms with Crippen molar-refractivity contribution >= 4 is 11.6 Å². The van der Waals surface area contributed by atoms with Gasteiger partial charge in [0.15, 0.2) is 0 Å². The van der Waals surface area contributed by atoms with Gasteiger partial charge in [0.25, 0.3) is 0 Å². The second-order valence-corrected chi connectivity index (χ2v) is 6.87. The van der Waals surface area contributed by atoms with Crippen LogP contribution in [0.15, 0.2) is 48.5 Å². The Bertz CT molecular complexity index is 933. The van der Waals surface area contributed by atoms with E-state index < -0.39 is 5.82 Å². The fourth-order valence-electron chi connectivity index (χ4n) is 3.18. The summed E-state index contributed by atoms with van der Waals surface area (Å²) in [6.45, 7) is 6.64. The van der Waals surface area contributed by atoms with Crippen LogP contribution >= 0.6 is 11.6 Å². The molecular formula is C23H23ClFNO. The summed E-state index contributed by atoms with van der Waals surface area (Å²) in [7, 11) is 0. The van der Waals surface area contributed by atoms with Gasteiger partial charge < -0.3 is 4.74 Å². The van der Waals surface area contributed by atoms with Crippen molar-refractivity contribution < 1.29 is 9.13 Å². The molecule has 1 heterocycles. The molecule has 0 fully saturated rings. The minimum atomic E-state index is -0.484. The maximum atomic E-state index is 13.5. The van der Waals surface area contributed by atoms with Crippen LogP contribution in [-0.4, -0.2) is 4.98 Å². The molecule has 0 saturated heterocycles. The summed E-state index contributed by atoms with van der Waals surface area (Å²) in [5.74, 6) is -0.0346. The zero-order valence-corrected chi connectivity index (χ0v) is 16.6. The maximum Gasteiger partial charge on any atom is 0.145 e. The molecule has 3 aromatic rings. The highest BCUT2D eigenvalue weighted by molar-refractivity contribution is 6.30. The Morgan fingerprint density at radius 2 is 1.67 bits per heavy atom. The Hall–Kier alpha value is -2.39. The summed E-state index contributed by atoms with van der Waals surface area (Å²) in [5, 5.41) is 0.0888. The smallest absolute Gasteiger partial charge is 0.145 e. The molecular weight excluding hydrogens is 361 g/mol. The predicted octanol–water partition coefficient (Wildman–Crippen LogP) is 6.55. The third-order valence-corrected chi connectivity index (χ3v) is 5.04. The number of hydrogen-bond acceptors (Lipinski definition) is 2. The second kappa shape index (κ2) is 8.53. The predicted molar refractivity (Wildman–Crippen MR) is 109 cm³/mol. The van der Waals surface area contributed by atoms with Gasteiger partial charge in [0, 0.05) is 22.9 Å². The second-order valence-electron chi connectivity index (χ2n) is 6.46. The van der Waals surface area contributed by atoms with Crippen LogP contribution in [0.5, 0.6) is 5.75 Å². The van der Waals surface area contributed by atoms with Crippen molar-refractivity contribution in [3.8, 4) is 17.0 Å². The van der Waals surface area contributed by atoms with Crippen LogP contribution in [0.4, 0.5) is 4.39 Å². The molecule has 0 atom stereocenters. The molecule has 3 rings (SSSR count). The average molecular weight is 384 g/mol. The maximum absolute atomic E-state index is 13.5. The van der Waals surface area contributed by atoms with E-state index >= 15 is 0 Å². The number of ether oxygens (including phenoxy) is 1. The monoisotopic (exact) mass is 383 g/mol. The fourth-order valence-corrected chi connectivity index (χ4v) is 3.30. The largest absolute Gasteiger partial charge is 0.489 e. The summed E-state index contributed by atoms with van der Waals surface area (Å²) < 4.78 is 19.2. The van der Waals surface area contributed by atoms with E-state index in [1.54, 1.807) is 6.07 Å². The number of nitrogens with zero attached hydrogens (tertiary/aromatic N) is 1. The van der Waals surface area contributed by atoms with Gasteiger partial charge in [-0.15, -0.1) is 0 Å². The molecule has 27 heavy (non-hydrogen) atoms. The van der Waals surface area contributed by atoms with Gasteiger partial charge in [-0.2, -0.15) is 0 Å². The van der Waals surface area contributed by atoms with Crippen LogP contribution in [0.2, 0.25) is 5.02 Å². The number of benzene rings is 2. The molecule has 0 aliphatic heterocycles. The highest BCUT2D eigenvalue weighted by atomic mass is 35.5. The van der Waals surface area contributed by atoms with Gasteiger partial charge in [0.1, 0.15) is 18.2 Å². The molecule has 0 aliphatic carbocycles. The Morgan fingerprint density at radius 1 is 0.963 bits per heavy atom. The number of aromatic nitrogens is 1. The van der Waals surface area contributed by atoms with E-state index in [4.69, 9.17) is 21.3 Å². The van der Waals surface area contributed by atoms with E-state index in [9.17, 15) is 4.39 Å². The third kappa shape index (κ3) is 4.30. The van der Waals surface area contributed by atoms with E-state index in [0.717, 1.165) is 29.8 Å². The number of rotatable bonds is 6. The molecule has 0 aliphatic rings. The van der Waals surface area contributed by atoms with Gasteiger partial charge in [-0.25, -0.2) is 4.39 Å². The lowest BCUT2D eigenvalue weighted by atomic mass is 9.94. The van der Waals surface area contributed by atoms with Crippen LogP contribution in [-0.2, 0) is 19.4 Å². The first-order valence-corrected chi connectivity index (χ1v) is 9.56. The zero-order chi connectivity index (χ0) is 19.4. The Morgan fingerprint density at radius 3 is 2.26 bits per heavy atom. The molecule has 4 heteroatoms. The van der Waals surface area contributed by atoms with E-state index in [-0.39, 0.29) is 5.02 Å². The van der Waals surface area contributed by atoms with Crippen LogP contribution in [0.3, 0.4) is 0 Å². The first-order chi connectivity index (χ1) is 13.0. The minimum Gasteiger partial charge on any atom is -0.489 e. The van der Waals surface area contributed by atoms with Crippen molar-refractivity contribution in [1.29, 1.82) is 0 Å². The topological polar surface area (TPSA) is 22.1 Å². The third-order valence-electron chi connectivity index (χ3n) is 4.74. The van der Waals surface area contributed by atoms with Gasteiger partial charge in [-0.3, -0.25) is 4.98 Å². The van der Waals surface area contributed by atoms with E-state index in [1.165, 1.54) is 28.8 Å². The van der Waals surface area contributed by atoms with Crippen LogP contribution < -0.4 is 4.74 Å². The highest BCUT2D eigenvalue weighted by Crippen LogP contribution is 2.29. The first kappa shape index (κ1) is 19.4. The molecule has 0 spiro atoms. The number of pyridine rings is 1. The molecule has 0 unspecified atom stereocenters. The van der Waals surface area contributed by atoms with Gasteiger partial charge >= 0.3 is 0 Å². The van der Waals surface area contributed by atoms with E-state index in [1.807, 2.05) is 19.1 Å². The van der Waals surface area contributed by atoms with E-state index in [2.05, 4.69) is 32.0 Å². The molecule has 2 nitrogen and oxygen atoms in total. The lowest BCUT2D eigenvalue weighted by molar-refractivity contribution is 0.303. The Labute approximate surface area is 165 Å². The summed E-state index contributed by atoms with van der Waals surface area (Å²) >= 11 is 5.71. The van der Waals surface area contributed by atoms with Crippen LogP contribution in [0, 0.1) is 12.7 Å². The van der Waals surface area contributed by atoms with Crippen LogP contribution in [0.25, 0.3) is 11.3 Å². The molecule has 140 valence electrons. The number of hydrogen-bond donors (Lipinski definition) is 0. The van der Waals surface area contributed by atoms with Crippen molar-refractivity contribution in [2.24, 2.45) is 0 Å². The number of halogens is 2. The molecule has 1 aromatic heterocycles. The van der Waals surface area contributed by atoms with E-state index in [0.29, 0.717) is 12.4 Å². The minimum absolute atomic E-state index is 0.0888. The van der Waals surface area contributed by atoms with Gasteiger partial charge in [-0.05, 0) is 49.1 Å². The zero-order valence-electron chi connectivity index (χ0n) is 15.9. The average Bonchev–Trinajstić information content (AvgIpc) is 2.68. The summed E-state index contributed by atoms with van der Waals surface area (Å²) in [6, 6.07) is 15.0. The number of aryl methyl sites for hydroxylation is 3. The van der Waals surface area contributed by atoms with Crippen molar-refractivity contribution in [3.05, 3.63) is 81.8 Å². The summed E-state index contributed by atoms with van der Waals surface area (Å²) in [4.78, 5) is 4.83. The van der Waals surface area contributed by atoms with Crippen molar-refractivity contribution in [3.63, 3.8) is 0 Å². The normalized spacial score (nSPS) is 10.9. The summed E-state index contributed by atoms with van der Waals surface area (Å²) in [5.41, 5.74) is 6.72. The quantitative estimate of drug-likeness (QED) is 0.481. The molecule has 0 bridgehead atoms. The lowest BCUT2D eigenvalue weighted by Crippen LogP contribution is -2.02. The molecule has 2 aromatic carbocycles. The van der Waals surface area contributed by atoms with Crippen molar-refractivity contribution in [2.75, 3.05) is 0 Å². The van der Waals surface area contributed by atoms with Crippen molar-refractivity contribution in [2.45, 2.75) is 40.2 Å². The van der Waals surface area contributed by atoms with Crippen molar-refractivity contribution in [1.82, 2.24) is 4.98 Å². The molecule has 0 amide bonds. The lowest BCUT2D eigenvalue weighted by Gasteiger charge is -2.15. The SMILES string of the molecule is CCc1cccc(CC)c1-c1ccc(COc2ccc(Cl)c(F)c2)c(C)n1. The first-order valence-electron chi connectivity index (χ1n) is 9.19.